The number of hydrogen-bond acceptors (Lipinski definition) is 7. The summed E-state index contributed by atoms with van der Waals surface area (Å²) < 4.78 is 12.0. The molecule has 2 aliphatic rings. The molecule has 8 atom stereocenters. The van der Waals surface area contributed by atoms with Crippen molar-refractivity contribution in [2.75, 3.05) is 41.0 Å². The molecule has 2 aromatic rings. The van der Waals surface area contributed by atoms with Crippen LogP contribution in [0.5, 0.6) is 0 Å². The second kappa shape index (κ2) is 19.2. The number of likely N-dealkylation sites (tertiary alicyclic amines) is 1. The van der Waals surface area contributed by atoms with Crippen LogP contribution >= 0.6 is 0 Å². The average molecular weight is 725 g/mol. The predicted octanol–water partition coefficient (Wildman–Crippen LogP) is 6.05. The summed E-state index contributed by atoms with van der Waals surface area (Å²) in [6.07, 6.45) is 5.53. The molecule has 2 saturated heterocycles. The minimum Gasteiger partial charge on any atom is -0.379 e. The first-order chi connectivity index (χ1) is 24.8. The Labute approximate surface area is 311 Å². The molecule has 1 aromatic carbocycles. The normalized spacial score (nSPS) is 20.7. The summed E-state index contributed by atoms with van der Waals surface area (Å²) >= 11 is 0. The van der Waals surface area contributed by atoms with Gasteiger partial charge in [0.2, 0.25) is 17.7 Å². The number of methoxy groups -OCH3 is 2. The molecule has 2 aliphatic heterocycles. The zero-order valence-corrected chi connectivity index (χ0v) is 33.1. The van der Waals surface area contributed by atoms with Crippen LogP contribution in [0.3, 0.4) is 0 Å². The number of benzene rings is 1. The summed E-state index contributed by atoms with van der Waals surface area (Å²) in [5, 5.41) is 2.48. The molecule has 4 rings (SSSR count). The molecule has 0 bridgehead atoms. The van der Waals surface area contributed by atoms with Crippen molar-refractivity contribution in [2.24, 2.45) is 29.6 Å². The van der Waals surface area contributed by atoms with Crippen molar-refractivity contribution in [3.8, 4) is 0 Å². The second-order valence-electron chi connectivity index (χ2n) is 15.5. The van der Waals surface area contributed by atoms with E-state index in [1.54, 1.807) is 19.1 Å². The minimum absolute atomic E-state index is 0.0391. The van der Waals surface area contributed by atoms with Gasteiger partial charge in [0.25, 0.3) is 0 Å². The van der Waals surface area contributed by atoms with E-state index in [-0.39, 0.29) is 66.2 Å². The average Bonchev–Trinajstić information content (AvgIpc) is 3.81. The van der Waals surface area contributed by atoms with Crippen molar-refractivity contribution >= 4 is 34.4 Å². The summed E-state index contributed by atoms with van der Waals surface area (Å²) in [6, 6.07) is 7.39. The molecule has 0 spiro atoms. The summed E-state index contributed by atoms with van der Waals surface area (Å²) in [4.78, 5) is 68.4. The van der Waals surface area contributed by atoms with Gasteiger partial charge >= 0.3 is 0 Å². The first-order valence-corrected chi connectivity index (χ1v) is 19.5. The maximum atomic E-state index is 14.2. The van der Waals surface area contributed by atoms with Gasteiger partial charge in [-0.05, 0) is 55.6 Å². The van der Waals surface area contributed by atoms with Gasteiger partial charge in [0.05, 0.1) is 43.2 Å². The number of hydrogen-bond donors (Lipinski definition) is 1. The van der Waals surface area contributed by atoms with Crippen LogP contribution in [-0.2, 0) is 39.9 Å². The molecule has 0 radical (unpaired) electrons. The smallest absolute Gasteiger partial charge is 0.250 e. The number of carbonyl (C=O) groups is 4. The number of nitrogens with one attached hydrogen (secondary N) is 1. The Morgan fingerprint density at radius 3 is 2.33 bits per heavy atom. The van der Waals surface area contributed by atoms with Crippen molar-refractivity contribution in [3.63, 3.8) is 0 Å². The van der Waals surface area contributed by atoms with E-state index in [0.717, 1.165) is 42.1 Å². The minimum atomic E-state index is -0.607. The lowest BCUT2D eigenvalue weighted by molar-refractivity contribution is -0.201. The maximum absolute atomic E-state index is 14.2. The highest BCUT2D eigenvalue weighted by Crippen LogP contribution is 2.32. The van der Waals surface area contributed by atoms with Crippen LogP contribution in [-0.4, -0.2) is 109 Å². The molecule has 11 nitrogen and oxygen atoms in total. The molecule has 3 amide bonds. The standard InChI is InChI=1S/C41H64N4O7/c1-10-27(4)38(43(7)40(48)28(5)26(2)3)36(50-8)24-37(47)44-19-15-18-34(44)39(51-9)29(6)35(46)23-30(41(49)45-20-13-14-21-52-45)22-31-25-42-33-17-12-11-16-32(31)33/h11-12,16-17,25-30,34,36,38-39,42H,10,13-15,18-24H2,1-9H3/t27-,28-,29-,30+,34-,36+,38-,39+/m0/s1. The van der Waals surface area contributed by atoms with Crippen molar-refractivity contribution in [1.29, 1.82) is 0 Å². The first kappa shape index (κ1) is 41.5. The predicted molar refractivity (Wildman–Crippen MR) is 202 cm³/mol. The first-order valence-electron chi connectivity index (χ1n) is 19.5. The monoisotopic (exact) mass is 724 g/mol. The lowest BCUT2D eigenvalue weighted by atomic mass is 9.85. The number of Topliss-reactive ketones (excluding diaryl/α,β-unsaturated/α-hetero) is 1. The highest BCUT2D eigenvalue weighted by atomic mass is 16.7. The fourth-order valence-corrected chi connectivity index (χ4v) is 8.16. The Bertz CT molecular complexity index is 1490. The van der Waals surface area contributed by atoms with Gasteiger partial charge in [0, 0.05) is 69.7 Å². The number of hydroxylamine groups is 2. The van der Waals surface area contributed by atoms with Gasteiger partial charge in [0.15, 0.2) is 0 Å². The van der Waals surface area contributed by atoms with Crippen LogP contribution in [0.1, 0.15) is 92.1 Å². The summed E-state index contributed by atoms with van der Waals surface area (Å²) in [5.41, 5.74) is 1.97. The SMILES string of the molecule is CC[C@H](C)[C@@H]([C@@H](CC(=O)N1CCC[C@H]1[C@H](OC)[C@@H](C)C(=O)C[C@@H](Cc1c[nH]c2ccccc12)C(=O)N1CCCCO1)OC)N(C)C(=O)[C@@H](C)C(C)C. The molecule has 0 saturated carbocycles. The molecule has 52 heavy (non-hydrogen) atoms. The molecular weight excluding hydrogens is 660 g/mol. The number of carbonyl (C=O) groups excluding carboxylic acids is 4. The number of amides is 3. The van der Waals surface area contributed by atoms with E-state index >= 15 is 0 Å². The lowest BCUT2D eigenvalue weighted by Crippen LogP contribution is -2.53. The summed E-state index contributed by atoms with van der Waals surface area (Å²) in [6.45, 7) is 13.6. The van der Waals surface area contributed by atoms with E-state index in [2.05, 4.69) is 18.8 Å². The fourth-order valence-electron chi connectivity index (χ4n) is 8.16. The third-order valence-electron chi connectivity index (χ3n) is 11.9. The van der Waals surface area contributed by atoms with Crippen LogP contribution < -0.4 is 0 Å². The van der Waals surface area contributed by atoms with Gasteiger partial charge in [-0.3, -0.25) is 24.0 Å². The number of nitrogens with zero attached hydrogens (tertiary/aromatic N) is 3. The second-order valence-corrected chi connectivity index (χ2v) is 15.5. The van der Waals surface area contributed by atoms with Crippen LogP contribution in [0.15, 0.2) is 30.5 Å². The van der Waals surface area contributed by atoms with Gasteiger partial charge in [-0.25, -0.2) is 5.06 Å². The van der Waals surface area contributed by atoms with Crippen LogP contribution in [0.2, 0.25) is 0 Å². The van der Waals surface area contributed by atoms with Crippen molar-refractivity contribution < 1.29 is 33.5 Å². The maximum Gasteiger partial charge on any atom is 0.250 e. The third kappa shape index (κ3) is 9.63. The van der Waals surface area contributed by atoms with Crippen LogP contribution in [0.4, 0.5) is 0 Å². The molecule has 1 N–H and O–H groups in total. The van der Waals surface area contributed by atoms with Crippen LogP contribution in [0.25, 0.3) is 10.9 Å². The third-order valence-corrected chi connectivity index (χ3v) is 11.9. The zero-order chi connectivity index (χ0) is 38.1. The van der Waals surface area contributed by atoms with E-state index < -0.39 is 24.0 Å². The number of para-hydroxylation sites is 1. The fraction of sp³-hybridized carbons (Fsp3) is 0.707. The highest BCUT2D eigenvalue weighted by molar-refractivity contribution is 5.89. The van der Waals surface area contributed by atoms with Gasteiger partial charge in [-0.2, -0.15) is 0 Å². The van der Waals surface area contributed by atoms with Crippen molar-refractivity contribution in [2.45, 2.75) is 117 Å². The Hall–Kier alpha value is -3.28. The number of aromatic amines is 1. The van der Waals surface area contributed by atoms with E-state index in [0.29, 0.717) is 32.5 Å². The number of aromatic nitrogens is 1. The quantitative estimate of drug-likeness (QED) is 0.199. The number of fused-ring (bicyclic) bond motifs is 1. The van der Waals surface area contributed by atoms with Gasteiger partial charge in [-0.15, -0.1) is 0 Å². The molecular formula is C41H64N4O7. The number of ether oxygens (including phenoxy) is 2. The Morgan fingerprint density at radius 2 is 1.69 bits per heavy atom. The highest BCUT2D eigenvalue weighted by Gasteiger charge is 2.43. The lowest BCUT2D eigenvalue weighted by Gasteiger charge is -2.40. The van der Waals surface area contributed by atoms with E-state index in [1.807, 2.05) is 70.1 Å². The Morgan fingerprint density at radius 1 is 0.962 bits per heavy atom. The number of H-pyrrole nitrogens is 1. The van der Waals surface area contributed by atoms with E-state index in [4.69, 9.17) is 14.3 Å². The number of likely N-dealkylation sites (N-methyl/N-ethyl adjacent to an activating group) is 1. The van der Waals surface area contributed by atoms with Crippen LogP contribution in [0, 0.1) is 29.6 Å². The molecule has 11 heteroatoms. The van der Waals surface area contributed by atoms with Crippen molar-refractivity contribution in [3.05, 3.63) is 36.0 Å². The van der Waals surface area contributed by atoms with Gasteiger partial charge in [-0.1, -0.05) is 66.2 Å². The molecule has 3 heterocycles. The Balaban J connectivity index is 1.50. The molecule has 2 fully saturated rings. The van der Waals surface area contributed by atoms with Crippen molar-refractivity contribution in [1.82, 2.24) is 19.8 Å². The van der Waals surface area contributed by atoms with E-state index in [1.165, 1.54) is 5.06 Å². The number of ketones is 1. The Kier molecular flexibility index (Phi) is 15.3. The van der Waals surface area contributed by atoms with Gasteiger partial charge in [0.1, 0.15) is 5.78 Å². The van der Waals surface area contributed by atoms with Gasteiger partial charge < -0.3 is 24.3 Å². The molecule has 0 unspecified atom stereocenters. The summed E-state index contributed by atoms with van der Waals surface area (Å²) in [7, 11) is 5.04. The number of rotatable bonds is 18. The molecule has 1 aromatic heterocycles. The zero-order valence-electron chi connectivity index (χ0n) is 33.1. The largest absolute Gasteiger partial charge is 0.379 e. The van der Waals surface area contributed by atoms with E-state index in [9.17, 15) is 19.2 Å². The molecule has 0 aliphatic carbocycles. The molecule has 290 valence electrons. The summed E-state index contributed by atoms with van der Waals surface area (Å²) in [5.74, 6) is -1.29. The topological polar surface area (TPSA) is 121 Å².